The third-order valence-corrected chi connectivity index (χ3v) is 5.03. The number of aryl methyl sites for hydroxylation is 2. The number of imidazole rings is 1. The maximum atomic E-state index is 5.53. The van der Waals surface area contributed by atoms with Gasteiger partial charge < -0.3 is 9.55 Å². The predicted octanol–water partition coefficient (Wildman–Crippen LogP) is 4.05. The van der Waals surface area contributed by atoms with E-state index < -0.39 is 0 Å². The lowest BCUT2D eigenvalue weighted by molar-refractivity contribution is 0.265. The summed E-state index contributed by atoms with van der Waals surface area (Å²) in [4.78, 5) is 3.34. The Labute approximate surface area is 125 Å². The van der Waals surface area contributed by atoms with Gasteiger partial charge in [0.1, 0.15) is 5.52 Å². The molecule has 1 aliphatic carbocycles. The van der Waals surface area contributed by atoms with Gasteiger partial charge >= 0.3 is 0 Å². The molecule has 3 rings (SSSR count). The van der Waals surface area contributed by atoms with Crippen LogP contribution in [0.25, 0.3) is 11.2 Å². The van der Waals surface area contributed by atoms with E-state index in [1.54, 1.807) is 0 Å². The molecule has 0 aliphatic heterocycles. The summed E-state index contributed by atoms with van der Waals surface area (Å²) in [5.41, 5.74) is 3.33. The summed E-state index contributed by atoms with van der Waals surface area (Å²) < 4.78 is 5.19. The zero-order valence-electron chi connectivity index (χ0n) is 12.6. The molecule has 2 aromatic rings. The van der Waals surface area contributed by atoms with Crippen LogP contribution in [0.5, 0.6) is 0 Å². The molecule has 2 aromatic heterocycles. The molecule has 1 aliphatic rings. The highest BCUT2D eigenvalue weighted by atomic mass is 32.1. The number of aromatic amines is 1. The maximum absolute atomic E-state index is 5.53. The molecule has 0 unspecified atom stereocenters. The number of fused-ring (bicyclic) bond motifs is 1. The highest BCUT2D eigenvalue weighted by Crippen LogP contribution is 2.30. The van der Waals surface area contributed by atoms with Gasteiger partial charge in [0.2, 0.25) is 0 Å². The Bertz CT molecular complexity index is 655. The van der Waals surface area contributed by atoms with Crippen LogP contribution in [0.3, 0.4) is 0 Å². The molecular formula is C15H24N4S. The number of nitrogens with one attached hydrogen (secondary N) is 1. The fraction of sp³-hybridized carbons (Fsp3) is 0.733. The minimum atomic E-state index is 0.761. The van der Waals surface area contributed by atoms with Crippen LogP contribution in [0.4, 0.5) is 0 Å². The highest BCUT2D eigenvalue weighted by molar-refractivity contribution is 7.71. The Morgan fingerprint density at radius 2 is 2.00 bits per heavy atom. The molecule has 0 aromatic carbocycles. The van der Waals surface area contributed by atoms with Crippen LogP contribution in [-0.4, -0.2) is 19.3 Å². The van der Waals surface area contributed by atoms with Crippen LogP contribution in [0.2, 0.25) is 0 Å². The van der Waals surface area contributed by atoms with Crippen molar-refractivity contribution in [2.45, 2.75) is 59.5 Å². The molecule has 1 fully saturated rings. The molecule has 0 radical (unpaired) electrons. The third-order valence-electron chi connectivity index (χ3n) is 4.71. The van der Waals surface area contributed by atoms with Crippen molar-refractivity contribution in [1.29, 1.82) is 0 Å². The topological polar surface area (TPSA) is 38.5 Å². The molecule has 0 amide bonds. The second kappa shape index (κ2) is 5.35. The van der Waals surface area contributed by atoms with E-state index in [1.807, 2.05) is 6.92 Å². The van der Waals surface area contributed by atoms with Crippen LogP contribution in [-0.2, 0) is 13.1 Å². The molecule has 20 heavy (non-hydrogen) atoms. The van der Waals surface area contributed by atoms with E-state index in [0.717, 1.165) is 40.9 Å². The van der Waals surface area contributed by atoms with Gasteiger partial charge in [0.05, 0.1) is 5.69 Å². The Balaban J connectivity index is 1.94. The average molecular weight is 292 g/mol. The number of rotatable bonds is 3. The number of H-pyrrole nitrogens is 1. The SMILES string of the molecule is CCn1nc(C)c2[nH]c(=S)n(CC3CCC(C)CC3)c21. The summed E-state index contributed by atoms with van der Waals surface area (Å²) in [6, 6.07) is 0. The van der Waals surface area contributed by atoms with E-state index in [-0.39, 0.29) is 0 Å². The smallest absolute Gasteiger partial charge is 0.179 e. The standard InChI is InChI=1S/C15H24N4S/c1-4-19-14-13(11(3)17-19)16-15(20)18(14)9-12-7-5-10(2)6-8-12/h10,12H,4-9H2,1-3H3,(H,16,20). The Morgan fingerprint density at radius 3 is 2.65 bits per heavy atom. The molecule has 5 heteroatoms. The van der Waals surface area contributed by atoms with Crippen LogP contribution in [0.1, 0.15) is 45.2 Å². The van der Waals surface area contributed by atoms with Crippen molar-refractivity contribution in [2.24, 2.45) is 11.8 Å². The van der Waals surface area contributed by atoms with E-state index >= 15 is 0 Å². The van der Waals surface area contributed by atoms with E-state index in [2.05, 4.69) is 33.2 Å². The second-order valence-corrected chi connectivity index (χ2v) is 6.65. The van der Waals surface area contributed by atoms with Gasteiger partial charge in [-0.3, -0.25) is 0 Å². The fourth-order valence-corrected chi connectivity index (χ4v) is 3.68. The van der Waals surface area contributed by atoms with Crippen LogP contribution >= 0.6 is 12.2 Å². The first-order valence-electron chi connectivity index (χ1n) is 7.76. The molecule has 0 saturated heterocycles. The monoisotopic (exact) mass is 292 g/mol. The van der Waals surface area contributed by atoms with E-state index in [9.17, 15) is 0 Å². The maximum Gasteiger partial charge on any atom is 0.179 e. The van der Waals surface area contributed by atoms with Gasteiger partial charge in [-0.2, -0.15) is 5.10 Å². The van der Waals surface area contributed by atoms with E-state index in [1.165, 1.54) is 31.3 Å². The van der Waals surface area contributed by atoms with E-state index in [4.69, 9.17) is 12.2 Å². The summed E-state index contributed by atoms with van der Waals surface area (Å²) >= 11 is 5.53. The Hall–Kier alpha value is -1.10. The van der Waals surface area contributed by atoms with Crippen LogP contribution in [0, 0.1) is 23.5 Å². The van der Waals surface area contributed by atoms with Gasteiger partial charge in [0.25, 0.3) is 0 Å². The minimum Gasteiger partial charge on any atom is -0.328 e. The van der Waals surface area contributed by atoms with Crippen molar-refractivity contribution >= 4 is 23.4 Å². The van der Waals surface area contributed by atoms with Gasteiger partial charge in [0.15, 0.2) is 10.4 Å². The molecule has 1 saturated carbocycles. The molecule has 0 bridgehead atoms. The number of nitrogens with zero attached hydrogens (tertiary/aromatic N) is 3. The highest BCUT2D eigenvalue weighted by Gasteiger charge is 2.21. The van der Waals surface area contributed by atoms with Crippen molar-refractivity contribution in [3.05, 3.63) is 10.5 Å². The third kappa shape index (κ3) is 2.32. The van der Waals surface area contributed by atoms with Gasteiger partial charge in [-0.1, -0.05) is 19.8 Å². The first-order chi connectivity index (χ1) is 9.60. The van der Waals surface area contributed by atoms with Crippen molar-refractivity contribution < 1.29 is 0 Å². The zero-order chi connectivity index (χ0) is 14.3. The van der Waals surface area contributed by atoms with Crippen molar-refractivity contribution in [2.75, 3.05) is 0 Å². The molecule has 0 spiro atoms. The van der Waals surface area contributed by atoms with Gasteiger partial charge in [-0.15, -0.1) is 0 Å². The largest absolute Gasteiger partial charge is 0.328 e. The van der Waals surface area contributed by atoms with Crippen molar-refractivity contribution in [3.8, 4) is 0 Å². The summed E-state index contributed by atoms with van der Waals surface area (Å²) in [6.07, 6.45) is 5.37. The molecule has 2 heterocycles. The van der Waals surface area contributed by atoms with Gasteiger partial charge in [0, 0.05) is 13.1 Å². The minimum absolute atomic E-state index is 0.761. The average Bonchev–Trinajstić information content (AvgIpc) is 2.91. The first-order valence-corrected chi connectivity index (χ1v) is 8.16. The summed E-state index contributed by atoms with van der Waals surface area (Å²) in [5.74, 6) is 1.66. The second-order valence-electron chi connectivity index (χ2n) is 6.27. The van der Waals surface area contributed by atoms with Crippen LogP contribution < -0.4 is 0 Å². The molecule has 0 atom stereocenters. The Kier molecular flexibility index (Phi) is 3.71. The molecule has 4 nitrogen and oxygen atoms in total. The zero-order valence-corrected chi connectivity index (χ0v) is 13.5. The number of aromatic nitrogens is 4. The molecular weight excluding hydrogens is 268 g/mol. The predicted molar refractivity (Wildman–Crippen MR) is 84.4 cm³/mol. The first kappa shape index (κ1) is 13.9. The number of hydrogen-bond acceptors (Lipinski definition) is 2. The lowest BCUT2D eigenvalue weighted by atomic mass is 9.83. The van der Waals surface area contributed by atoms with E-state index in [0.29, 0.717) is 0 Å². The van der Waals surface area contributed by atoms with Crippen molar-refractivity contribution in [3.63, 3.8) is 0 Å². The molecule has 110 valence electrons. The normalized spacial score (nSPS) is 23.6. The van der Waals surface area contributed by atoms with Crippen LogP contribution in [0.15, 0.2) is 0 Å². The summed E-state index contributed by atoms with van der Waals surface area (Å²) in [6.45, 7) is 8.47. The number of hydrogen-bond donors (Lipinski definition) is 1. The summed E-state index contributed by atoms with van der Waals surface area (Å²) in [5, 5.41) is 4.59. The fourth-order valence-electron chi connectivity index (χ4n) is 3.42. The van der Waals surface area contributed by atoms with Gasteiger partial charge in [-0.05, 0) is 50.7 Å². The van der Waals surface area contributed by atoms with Crippen molar-refractivity contribution in [1.82, 2.24) is 19.3 Å². The molecule has 1 N–H and O–H groups in total. The lowest BCUT2D eigenvalue weighted by Crippen LogP contribution is -2.18. The lowest BCUT2D eigenvalue weighted by Gasteiger charge is -2.26. The Morgan fingerprint density at radius 1 is 1.30 bits per heavy atom. The quantitative estimate of drug-likeness (QED) is 0.867. The summed E-state index contributed by atoms with van der Waals surface area (Å²) in [7, 11) is 0. The van der Waals surface area contributed by atoms with Gasteiger partial charge in [-0.25, -0.2) is 4.68 Å².